The van der Waals surface area contributed by atoms with Crippen LogP contribution in [0.4, 0.5) is 0 Å². The number of nitrogens with zero attached hydrogens (tertiary/aromatic N) is 7. The number of ether oxygens (including phenoxy) is 2. The van der Waals surface area contributed by atoms with Gasteiger partial charge in [0.1, 0.15) is 45.3 Å². The molecule has 2 atom stereocenters. The fourth-order valence-corrected chi connectivity index (χ4v) is 30.8. The lowest BCUT2D eigenvalue weighted by Gasteiger charge is -2.31. The lowest BCUT2D eigenvalue weighted by molar-refractivity contribution is 0.0411. The molecule has 0 N–H and O–H groups in total. The molecule has 724 valence electrons. The molecule has 135 heavy (non-hydrogen) atoms. The summed E-state index contributed by atoms with van der Waals surface area (Å²) in [5, 5.41) is 15.4. The van der Waals surface area contributed by atoms with E-state index in [1.807, 2.05) is 90.8 Å². The molecule has 13 aromatic heterocycles. The molecular formula is C112H145N7O4S12. The van der Waals surface area contributed by atoms with E-state index >= 15 is 0 Å². The number of aromatic nitrogens is 7. The molecule has 1 aliphatic heterocycles. The number of aryl methyl sites for hydroxylation is 6. The van der Waals surface area contributed by atoms with Gasteiger partial charge in [0.05, 0.1) is 83.9 Å². The van der Waals surface area contributed by atoms with Gasteiger partial charge < -0.3 is 9.47 Å². The Bertz CT molecular complexity index is 7370. The molecule has 5 aromatic carbocycles. The Morgan fingerprint density at radius 1 is 0.304 bits per heavy atom. The van der Waals surface area contributed by atoms with Crippen molar-refractivity contribution < 1.29 is 9.47 Å². The van der Waals surface area contributed by atoms with E-state index in [2.05, 4.69) is 343 Å². The van der Waals surface area contributed by atoms with Crippen molar-refractivity contribution in [2.75, 3.05) is 0 Å². The molecule has 0 saturated carbocycles. The highest BCUT2D eigenvalue weighted by molar-refractivity contribution is 7.29. The Labute approximate surface area is 851 Å². The minimum Gasteiger partial charge on any atom is -0.482 e. The van der Waals surface area contributed by atoms with Crippen LogP contribution >= 0.6 is 137 Å². The van der Waals surface area contributed by atoms with Crippen LogP contribution in [0, 0.1) is 41.5 Å². The maximum Gasteiger partial charge on any atom is 0.261 e. The number of hydrogen-bond acceptors (Lipinski definition) is 22. The number of benzene rings is 5. The SMILES string of the molecule is CC(C)(C)c1cc2c3nsnc3c3cc(C(C)(C)C)sc3c2s1.CC1Oc2c(C(C)(C)C)sc(C(C)(C)C)c2OC1C.CCC.Cc1c(C(C)(C)C)c2nsnc2c2c(C)c(C(C)(C)C)c3nsnc3c12.Cc1cc2c(cc1C)c1cc(C(C)(C)C)sc1c1sc(C(C)(C)C)cc21.Cc1sc2c(C(C)(C)C)sc(C(C)(C)C)c2c1C.Cn1c(=O)c2ccsc2c2sc(C(C)(C)C)cc2c1=O. The molecule has 0 bridgehead atoms. The van der Waals surface area contributed by atoms with Crippen molar-refractivity contribution in [3.63, 3.8) is 0 Å². The second kappa shape index (κ2) is 37.4. The fraction of sp³-hybridized carbons (Fsp3) is 0.518. The van der Waals surface area contributed by atoms with Gasteiger partial charge in [0.15, 0.2) is 11.5 Å². The molecule has 14 heterocycles. The normalized spacial score (nSPS) is 14.6. The standard InChI is InChI=1S/C24H28S2.C20H24N4S2.C18H20N2S3.C16H26O2S.C16H24S2.C15H15NO2S2.C3H8/c1-13-9-15-16(10-14(13)2)18-12-20(24(6,7)8)26-22(18)21-17(15)11-19(25-21)23(3,4)5;1-9-11-12(16-17(23-26-22-16)13(9)19(3,4)5)10(2)14(20(6,7)8)18-15(11)21-25-24-18;1-17(2,3)11-7-9-13-14(20-23-19-13)10-8-12(18(4,5)6)22-16(10)15(9)21-11;1-9-10(2)18-12-11(17-9)13(15(3,4)5)19-14(12)16(6,7)8;1-9-10(2)17-12-11(9)13(15(3,4)5)18-14(12)16(6,7)8;1-15(2,3)10-7-9-12(20-10)11-8(5-6-19-11)13(17)16(4)14(9)18;1-3-2/h9-12H,1-8H3;1-8H3;7-8H,1-6H3;9-10H,1-8H3;1-8H3;5-7H,1-4H3;3H2,1-2H3. The van der Waals surface area contributed by atoms with Gasteiger partial charge in [-0.25, -0.2) is 0 Å². The maximum absolute atomic E-state index is 12.5. The summed E-state index contributed by atoms with van der Waals surface area (Å²) in [4.78, 5) is 38.9. The molecule has 0 amide bonds. The number of hydrogen-bond donors (Lipinski definition) is 0. The van der Waals surface area contributed by atoms with Gasteiger partial charge in [-0.3, -0.25) is 14.2 Å². The summed E-state index contributed by atoms with van der Waals surface area (Å²) in [5.74, 6) is 1.96. The first kappa shape index (κ1) is 106. The van der Waals surface area contributed by atoms with Crippen LogP contribution in [0.1, 0.15) is 350 Å². The fourth-order valence-electron chi connectivity index (χ4n) is 17.4. The zero-order valence-electron chi connectivity index (χ0n) is 88.7. The average molecular weight is 2040 g/mol. The van der Waals surface area contributed by atoms with Crippen LogP contribution in [0.25, 0.3) is 125 Å². The summed E-state index contributed by atoms with van der Waals surface area (Å²) >= 11 is 20.8. The van der Waals surface area contributed by atoms with Crippen LogP contribution in [-0.4, -0.2) is 43.0 Å². The zero-order chi connectivity index (χ0) is 100. The Balaban J connectivity index is 0.000000137. The third-order valence-electron chi connectivity index (χ3n) is 24.9. The van der Waals surface area contributed by atoms with Crippen molar-refractivity contribution in [2.45, 2.75) is 376 Å². The first-order valence-corrected chi connectivity index (χ1v) is 57.0. The van der Waals surface area contributed by atoms with Crippen molar-refractivity contribution >= 4 is 262 Å². The second-order valence-electron chi connectivity index (χ2n) is 48.5. The molecule has 0 aliphatic carbocycles. The van der Waals surface area contributed by atoms with E-state index < -0.39 is 0 Å². The molecule has 23 heteroatoms. The van der Waals surface area contributed by atoms with E-state index in [0.717, 1.165) is 58.9 Å². The van der Waals surface area contributed by atoms with Crippen molar-refractivity contribution in [2.24, 2.45) is 7.05 Å². The minimum atomic E-state index is -0.216. The first-order chi connectivity index (χ1) is 61.9. The van der Waals surface area contributed by atoms with Crippen molar-refractivity contribution in [1.82, 2.24) is 30.8 Å². The molecule has 2 unspecified atom stereocenters. The lowest BCUT2D eigenvalue weighted by Crippen LogP contribution is -2.35. The molecule has 0 spiro atoms. The van der Waals surface area contributed by atoms with E-state index in [9.17, 15) is 9.59 Å². The van der Waals surface area contributed by atoms with Gasteiger partial charge in [-0.2, -0.15) is 26.2 Å². The molecular weight excluding hydrogens is 1890 g/mol. The minimum absolute atomic E-state index is 0.00283. The van der Waals surface area contributed by atoms with Crippen LogP contribution < -0.4 is 20.6 Å². The highest BCUT2D eigenvalue weighted by atomic mass is 32.1. The van der Waals surface area contributed by atoms with E-state index in [-0.39, 0.29) is 82.9 Å². The Hall–Kier alpha value is -6.58. The third-order valence-corrected chi connectivity index (χ3v) is 41.1. The molecule has 1 aliphatic rings. The largest absolute Gasteiger partial charge is 0.482 e. The zero-order valence-corrected chi connectivity index (χ0v) is 98.5. The second-order valence-corrected chi connectivity index (χ2v) is 59.5. The smallest absolute Gasteiger partial charge is 0.261 e. The van der Waals surface area contributed by atoms with Crippen molar-refractivity contribution in [3.05, 3.63) is 162 Å². The molecule has 0 radical (unpaired) electrons. The number of rotatable bonds is 0. The summed E-state index contributed by atoms with van der Waals surface area (Å²) in [7, 11) is 1.55. The first-order valence-electron chi connectivity index (χ1n) is 47.4. The van der Waals surface area contributed by atoms with E-state index in [1.165, 1.54) is 197 Å². The highest BCUT2D eigenvalue weighted by Crippen LogP contribution is 2.57. The Morgan fingerprint density at radius 3 is 0.933 bits per heavy atom. The van der Waals surface area contributed by atoms with Gasteiger partial charge in [0.25, 0.3) is 11.1 Å². The van der Waals surface area contributed by atoms with Crippen LogP contribution in [0.5, 0.6) is 11.5 Å². The summed E-state index contributed by atoms with van der Waals surface area (Å²) < 4.78 is 50.7. The highest BCUT2D eigenvalue weighted by Gasteiger charge is 2.40. The van der Waals surface area contributed by atoms with E-state index in [4.69, 9.17) is 27.0 Å². The van der Waals surface area contributed by atoms with Gasteiger partial charge in [0, 0.05) is 99.3 Å². The van der Waals surface area contributed by atoms with Gasteiger partial charge in [-0.05, 0) is 196 Å². The molecule has 18 aromatic rings. The van der Waals surface area contributed by atoms with Crippen molar-refractivity contribution in [1.29, 1.82) is 0 Å². The van der Waals surface area contributed by atoms with E-state index in [1.54, 1.807) is 39.6 Å². The lowest BCUT2D eigenvalue weighted by atomic mass is 9.77. The topological polar surface area (TPSA) is 135 Å². The predicted octanol–water partition coefficient (Wildman–Crippen LogP) is 37.2. The summed E-state index contributed by atoms with van der Waals surface area (Å²) in [6, 6.07) is 18.1. The number of thiophene rings is 9. The van der Waals surface area contributed by atoms with Gasteiger partial charge >= 0.3 is 0 Å². The molecule has 19 rings (SSSR count). The van der Waals surface area contributed by atoms with Gasteiger partial charge in [-0.15, -0.1) is 102 Å². The van der Waals surface area contributed by atoms with Gasteiger partial charge in [-0.1, -0.05) is 261 Å². The van der Waals surface area contributed by atoms with Crippen LogP contribution in [-0.2, 0) is 66.6 Å². The summed E-state index contributed by atoms with van der Waals surface area (Å²) in [6.07, 6.45) is 1.46. The predicted molar refractivity (Wildman–Crippen MR) is 612 cm³/mol. The Kier molecular flexibility index (Phi) is 29.3. The maximum atomic E-state index is 12.5. The third kappa shape index (κ3) is 20.7. The quantitative estimate of drug-likeness (QED) is 0.144. The Morgan fingerprint density at radius 2 is 0.600 bits per heavy atom. The average Bonchev–Trinajstić information content (AvgIpc) is 1.66. The van der Waals surface area contributed by atoms with Gasteiger partial charge in [0.2, 0.25) is 0 Å². The summed E-state index contributed by atoms with van der Waals surface area (Å²) in [5.41, 5.74) is 16.5. The van der Waals surface area contributed by atoms with E-state index in [0.29, 0.717) is 10.8 Å². The number of fused-ring (bicyclic) bond motifs is 22. The van der Waals surface area contributed by atoms with Crippen LogP contribution in [0.15, 0.2) is 63.5 Å². The molecule has 11 nitrogen and oxygen atoms in total. The molecule has 0 saturated heterocycles. The van der Waals surface area contributed by atoms with Crippen molar-refractivity contribution in [3.8, 4) is 11.5 Å². The summed E-state index contributed by atoms with van der Waals surface area (Å²) in [6.45, 7) is 96.6. The van der Waals surface area contributed by atoms with Crippen LogP contribution in [0.3, 0.4) is 0 Å². The van der Waals surface area contributed by atoms with Crippen LogP contribution in [0.2, 0.25) is 0 Å². The monoisotopic (exact) mass is 2040 g/mol. The molecule has 0 fully saturated rings.